The van der Waals surface area contributed by atoms with Crippen LogP contribution in [0.3, 0.4) is 0 Å². The van der Waals surface area contributed by atoms with Gasteiger partial charge in [0.05, 0.1) is 25.6 Å². The van der Waals surface area contributed by atoms with Gasteiger partial charge < -0.3 is 9.47 Å². The molecule has 0 unspecified atom stereocenters. The molecule has 0 saturated heterocycles. The maximum absolute atomic E-state index is 11.6. The summed E-state index contributed by atoms with van der Waals surface area (Å²) >= 11 is 0. The molecule has 0 radical (unpaired) electrons. The Hall–Kier alpha value is -2.24. The van der Waals surface area contributed by atoms with Gasteiger partial charge in [-0.05, 0) is 50.7 Å². The fourth-order valence-corrected chi connectivity index (χ4v) is 2.71. The number of hydrogen-bond donors (Lipinski definition) is 0. The molecule has 6 heteroatoms. The Balaban J connectivity index is 2.22. The molecule has 0 spiro atoms. The highest BCUT2D eigenvalue weighted by molar-refractivity contribution is 6.12. The van der Waals surface area contributed by atoms with E-state index in [-0.39, 0.29) is 11.9 Å². The molecular formula is C16H20N2O4. The smallest absolute Gasteiger partial charge is 0.334 e. The van der Waals surface area contributed by atoms with Gasteiger partial charge in [-0.2, -0.15) is 10.2 Å². The third-order valence-corrected chi connectivity index (χ3v) is 4.15. The summed E-state index contributed by atoms with van der Waals surface area (Å²) in [6, 6.07) is 0. The van der Waals surface area contributed by atoms with Crippen LogP contribution in [0.4, 0.5) is 0 Å². The normalized spacial score (nSPS) is 22.0. The number of nitrogens with zero attached hydrogens (tertiary/aromatic N) is 2. The summed E-state index contributed by atoms with van der Waals surface area (Å²) < 4.78 is 9.51. The Bertz CT molecular complexity index is 583. The molecule has 2 aliphatic rings. The van der Waals surface area contributed by atoms with Crippen molar-refractivity contribution in [3.63, 3.8) is 0 Å². The molecule has 0 N–H and O–H groups in total. The molecule has 0 aromatic rings. The minimum absolute atomic E-state index is 0.305. The Morgan fingerprint density at radius 2 is 1.14 bits per heavy atom. The predicted octanol–water partition coefficient (Wildman–Crippen LogP) is 2.35. The number of ether oxygens (including phenoxy) is 2. The predicted molar refractivity (Wildman–Crippen MR) is 82.8 cm³/mol. The van der Waals surface area contributed by atoms with Gasteiger partial charge in [-0.25, -0.2) is 9.59 Å². The molecule has 0 fully saturated rings. The highest BCUT2D eigenvalue weighted by atomic mass is 16.5. The Kier molecular flexibility index (Phi) is 4.90. The van der Waals surface area contributed by atoms with Gasteiger partial charge in [0.25, 0.3) is 0 Å². The molecule has 0 heterocycles. The maximum atomic E-state index is 11.6. The number of carbonyl (C=O) groups excluding carboxylic acids is 2. The number of hydrogen-bond acceptors (Lipinski definition) is 6. The number of rotatable bonds is 3. The topological polar surface area (TPSA) is 77.3 Å². The molecule has 2 aliphatic carbocycles. The summed E-state index contributed by atoms with van der Waals surface area (Å²) in [5.74, 6) is -0.611. The van der Waals surface area contributed by atoms with E-state index in [1.165, 1.54) is 14.2 Å². The van der Waals surface area contributed by atoms with E-state index in [1.54, 1.807) is 0 Å². The lowest BCUT2D eigenvalue weighted by atomic mass is 10.2. The summed E-state index contributed by atoms with van der Waals surface area (Å²) in [6.45, 7) is 3.71. The molecule has 0 saturated carbocycles. The average molecular weight is 304 g/mol. The molecule has 118 valence electrons. The molecule has 0 bridgehead atoms. The molecule has 0 amide bonds. The van der Waals surface area contributed by atoms with Crippen molar-refractivity contribution in [1.82, 2.24) is 0 Å². The minimum atomic E-state index is -0.305. The molecule has 0 aromatic carbocycles. The third-order valence-electron chi connectivity index (χ3n) is 4.15. The zero-order chi connectivity index (χ0) is 16.3. The number of allylic oxidation sites excluding steroid dienone is 2. The van der Waals surface area contributed by atoms with E-state index < -0.39 is 0 Å². The van der Waals surface area contributed by atoms with Crippen molar-refractivity contribution < 1.29 is 19.1 Å². The third kappa shape index (κ3) is 3.00. The van der Waals surface area contributed by atoms with Gasteiger partial charge >= 0.3 is 11.9 Å². The second-order valence-corrected chi connectivity index (χ2v) is 5.28. The highest BCUT2D eigenvalue weighted by Crippen LogP contribution is 2.27. The van der Waals surface area contributed by atoms with E-state index in [9.17, 15) is 9.59 Å². The van der Waals surface area contributed by atoms with Gasteiger partial charge in [0, 0.05) is 11.1 Å². The van der Waals surface area contributed by atoms with Crippen molar-refractivity contribution in [3.8, 4) is 0 Å². The van der Waals surface area contributed by atoms with Crippen molar-refractivity contribution in [2.75, 3.05) is 14.2 Å². The lowest BCUT2D eigenvalue weighted by molar-refractivity contribution is -0.137. The SMILES string of the molecule is COC(=O)C1=C(C)/C(=N\N=C2/CCC(C(=O)OC)=C2C)CC1. The molecule has 0 atom stereocenters. The Morgan fingerprint density at radius 3 is 1.45 bits per heavy atom. The van der Waals surface area contributed by atoms with Crippen LogP contribution >= 0.6 is 0 Å². The second-order valence-electron chi connectivity index (χ2n) is 5.28. The molecule has 6 nitrogen and oxygen atoms in total. The Labute approximate surface area is 129 Å². The summed E-state index contributed by atoms with van der Waals surface area (Å²) in [5.41, 5.74) is 4.60. The van der Waals surface area contributed by atoms with Crippen LogP contribution in [0.1, 0.15) is 39.5 Å². The van der Waals surface area contributed by atoms with E-state index in [2.05, 4.69) is 10.2 Å². The zero-order valence-electron chi connectivity index (χ0n) is 13.4. The fraction of sp³-hybridized carbons (Fsp3) is 0.500. The van der Waals surface area contributed by atoms with Gasteiger partial charge in [0.1, 0.15) is 0 Å². The lowest BCUT2D eigenvalue weighted by Crippen LogP contribution is -2.04. The van der Waals surface area contributed by atoms with Crippen LogP contribution < -0.4 is 0 Å². The van der Waals surface area contributed by atoms with Crippen LogP contribution in [-0.4, -0.2) is 37.6 Å². The van der Waals surface area contributed by atoms with Crippen LogP contribution in [0, 0.1) is 0 Å². The summed E-state index contributed by atoms with van der Waals surface area (Å²) in [6.07, 6.45) is 2.62. The first-order valence-electron chi connectivity index (χ1n) is 7.19. The minimum Gasteiger partial charge on any atom is -0.466 e. The molecule has 22 heavy (non-hydrogen) atoms. The monoisotopic (exact) mass is 304 g/mol. The van der Waals surface area contributed by atoms with Crippen LogP contribution in [0.25, 0.3) is 0 Å². The van der Waals surface area contributed by atoms with E-state index in [0.717, 1.165) is 22.6 Å². The van der Waals surface area contributed by atoms with Crippen molar-refractivity contribution in [2.24, 2.45) is 10.2 Å². The second kappa shape index (κ2) is 6.68. The quantitative estimate of drug-likeness (QED) is 0.592. The molecule has 0 aliphatic heterocycles. The molecular weight excluding hydrogens is 284 g/mol. The summed E-state index contributed by atoms with van der Waals surface area (Å²) in [7, 11) is 2.75. The van der Waals surface area contributed by atoms with Gasteiger partial charge in [-0.3, -0.25) is 0 Å². The highest BCUT2D eigenvalue weighted by Gasteiger charge is 2.25. The van der Waals surface area contributed by atoms with Crippen LogP contribution in [0.2, 0.25) is 0 Å². The first-order valence-corrected chi connectivity index (χ1v) is 7.19. The van der Waals surface area contributed by atoms with Crippen molar-refractivity contribution in [1.29, 1.82) is 0 Å². The van der Waals surface area contributed by atoms with Gasteiger partial charge in [-0.1, -0.05) is 0 Å². The summed E-state index contributed by atoms with van der Waals surface area (Å²) in [5, 5.41) is 8.55. The van der Waals surface area contributed by atoms with Crippen LogP contribution in [0.15, 0.2) is 32.5 Å². The van der Waals surface area contributed by atoms with Crippen LogP contribution in [0.5, 0.6) is 0 Å². The maximum Gasteiger partial charge on any atom is 0.334 e. The largest absolute Gasteiger partial charge is 0.466 e. The van der Waals surface area contributed by atoms with Crippen molar-refractivity contribution in [2.45, 2.75) is 39.5 Å². The number of esters is 2. The van der Waals surface area contributed by atoms with Gasteiger partial charge in [0.2, 0.25) is 0 Å². The van der Waals surface area contributed by atoms with Crippen molar-refractivity contribution in [3.05, 3.63) is 22.3 Å². The van der Waals surface area contributed by atoms with E-state index in [0.29, 0.717) is 36.8 Å². The van der Waals surface area contributed by atoms with Gasteiger partial charge in [0.15, 0.2) is 0 Å². The first-order chi connectivity index (χ1) is 10.5. The van der Waals surface area contributed by atoms with E-state index in [4.69, 9.17) is 9.47 Å². The van der Waals surface area contributed by atoms with E-state index in [1.807, 2.05) is 13.8 Å². The lowest BCUT2D eigenvalue weighted by Gasteiger charge is -2.00. The number of methoxy groups -OCH3 is 2. The molecule has 0 aromatic heterocycles. The Morgan fingerprint density at radius 1 is 0.773 bits per heavy atom. The average Bonchev–Trinajstić information content (AvgIpc) is 3.07. The van der Waals surface area contributed by atoms with Crippen LogP contribution in [-0.2, 0) is 19.1 Å². The molecule has 2 rings (SSSR count). The van der Waals surface area contributed by atoms with E-state index >= 15 is 0 Å². The fourth-order valence-electron chi connectivity index (χ4n) is 2.71. The summed E-state index contributed by atoms with van der Waals surface area (Å²) in [4.78, 5) is 23.2. The number of carbonyl (C=O) groups is 2. The standard InChI is InChI=1S/C16H20N2O4/c1-9-11(15(19)21-3)5-7-13(9)17-18-14-8-6-12(10(14)2)16(20)22-4/h5-8H2,1-4H3/b17-13-,18-14+. The zero-order valence-corrected chi connectivity index (χ0v) is 13.4. The van der Waals surface area contributed by atoms with Gasteiger partial charge in [-0.15, -0.1) is 0 Å². The van der Waals surface area contributed by atoms with Crippen molar-refractivity contribution >= 4 is 23.4 Å². The first kappa shape index (κ1) is 16.1.